The van der Waals surface area contributed by atoms with Crippen LogP contribution in [0, 0.1) is 4.91 Å². The molecular formula is C16H12N4O4. The Morgan fingerprint density at radius 1 is 1.04 bits per heavy atom. The molecule has 3 rings (SSSR count). The fraction of sp³-hybridized carbons (Fsp3) is 0.0625. The van der Waals surface area contributed by atoms with E-state index in [0.717, 1.165) is 4.90 Å². The third-order valence-electron chi connectivity index (χ3n) is 3.69. The number of imide groups is 1. The lowest BCUT2D eigenvalue weighted by molar-refractivity contribution is 0.0994. The first-order chi connectivity index (χ1) is 11.5. The molecule has 0 spiro atoms. The van der Waals surface area contributed by atoms with Gasteiger partial charge in [0.1, 0.15) is 0 Å². The van der Waals surface area contributed by atoms with Gasteiger partial charge in [0, 0.05) is 12.0 Å². The van der Waals surface area contributed by atoms with Crippen molar-refractivity contribution in [1.82, 2.24) is 5.01 Å². The van der Waals surface area contributed by atoms with Gasteiger partial charge < -0.3 is 5.73 Å². The van der Waals surface area contributed by atoms with Crippen molar-refractivity contribution >= 4 is 29.2 Å². The average molecular weight is 324 g/mol. The number of amides is 4. The zero-order valence-corrected chi connectivity index (χ0v) is 12.4. The molecule has 1 aliphatic rings. The Labute approximate surface area is 136 Å². The second-order valence-corrected chi connectivity index (χ2v) is 5.10. The summed E-state index contributed by atoms with van der Waals surface area (Å²) < 4.78 is 0. The van der Waals surface area contributed by atoms with Crippen molar-refractivity contribution in [2.45, 2.75) is 6.42 Å². The fourth-order valence-electron chi connectivity index (χ4n) is 2.65. The Morgan fingerprint density at radius 3 is 2.33 bits per heavy atom. The lowest BCUT2D eigenvalue weighted by Crippen LogP contribution is -2.44. The van der Waals surface area contributed by atoms with Crippen LogP contribution in [0.25, 0.3) is 0 Å². The van der Waals surface area contributed by atoms with Crippen molar-refractivity contribution in [1.29, 1.82) is 0 Å². The fourth-order valence-corrected chi connectivity index (χ4v) is 2.65. The standard InChI is InChI=1S/C16H12N4O4/c17-15(22)20(18-24)16(23)19-12-7-3-1-5-10(12)9-14(21)11-6-2-4-8-13(11)19/h1-8H,9H2,(H2,17,22). The molecule has 4 amide bonds. The molecule has 0 radical (unpaired) electrons. The number of anilines is 2. The molecule has 2 aromatic rings. The molecule has 0 saturated heterocycles. The molecule has 0 aromatic heterocycles. The predicted octanol–water partition coefficient (Wildman–Crippen LogP) is 2.75. The second kappa shape index (κ2) is 5.92. The molecule has 1 heterocycles. The van der Waals surface area contributed by atoms with Crippen molar-refractivity contribution in [3.05, 3.63) is 64.6 Å². The molecule has 2 aromatic carbocycles. The van der Waals surface area contributed by atoms with Gasteiger partial charge in [0.15, 0.2) is 5.78 Å². The molecule has 0 bridgehead atoms. The normalized spacial score (nSPS) is 12.7. The first-order valence-electron chi connectivity index (χ1n) is 7.01. The van der Waals surface area contributed by atoms with E-state index < -0.39 is 12.1 Å². The highest BCUT2D eigenvalue weighted by atomic mass is 16.3. The summed E-state index contributed by atoms with van der Waals surface area (Å²) in [5, 5.41) is 2.41. The average Bonchev–Trinajstić information content (AvgIpc) is 2.69. The molecule has 120 valence electrons. The molecule has 8 heteroatoms. The van der Waals surface area contributed by atoms with Crippen LogP contribution < -0.4 is 10.6 Å². The zero-order chi connectivity index (χ0) is 17.3. The van der Waals surface area contributed by atoms with Gasteiger partial charge in [0.25, 0.3) is 0 Å². The monoisotopic (exact) mass is 324 g/mol. The van der Waals surface area contributed by atoms with Crippen LogP contribution in [0.15, 0.2) is 53.8 Å². The summed E-state index contributed by atoms with van der Waals surface area (Å²) in [6.45, 7) is 0. The van der Waals surface area contributed by atoms with E-state index in [1.807, 2.05) is 0 Å². The van der Waals surface area contributed by atoms with Crippen LogP contribution in [0.2, 0.25) is 0 Å². The van der Waals surface area contributed by atoms with Crippen LogP contribution in [-0.2, 0) is 6.42 Å². The minimum Gasteiger partial charge on any atom is -0.349 e. The number of nitrogens with two attached hydrogens (primary N) is 1. The molecular weight excluding hydrogens is 312 g/mol. The van der Waals surface area contributed by atoms with Gasteiger partial charge in [-0.1, -0.05) is 35.3 Å². The van der Waals surface area contributed by atoms with Gasteiger partial charge >= 0.3 is 12.1 Å². The lowest BCUT2D eigenvalue weighted by atomic mass is 10.0. The molecule has 8 nitrogen and oxygen atoms in total. The van der Waals surface area contributed by atoms with Crippen LogP contribution in [0.5, 0.6) is 0 Å². The number of hydrogen-bond donors (Lipinski definition) is 1. The van der Waals surface area contributed by atoms with Gasteiger partial charge in [-0.2, -0.15) is 0 Å². The minimum absolute atomic E-state index is 0.0172. The summed E-state index contributed by atoms with van der Waals surface area (Å²) in [6.07, 6.45) is 0.0854. The third kappa shape index (κ3) is 2.39. The Hall–Kier alpha value is -3.55. The summed E-state index contributed by atoms with van der Waals surface area (Å²) in [5.41, 5.74) is 6.57. The number of carbonyl (C=O) groups is 3. The van der Waals surface area contributed by atoms with E-state index in [9.17, 15) is 19.3 Å². The maximum Gasteiger partial charge on any atom is 0.361 e. The zero-order valence-electron chi connectivity index (χ0n) is 12.4. The van der Waals surface area contributed by atoms with Crippen molar-refractivity contribution < 1.29 is 14.4 Å². The van der Waals surface area contributed by atoms with Gasteiger partial charge in [-0.3, -0.25) is 9.69 Å². The summed E-state index contributed by atoms with van der Waals surface area (Å²) in [4.78, 5) is 48.5. The molecule has 0 unspecified atom stereocenters. The van der Waals surface area contributed by atoms with Crippen molar-refractivity contribution in [2.24, 2.45) is 11.0 Å². The molecule has 0 aliphatic carbocycles. The van der Waals surface area contributed by atoms with Crippen LogP contribution in [-0.4, -0.2) is 22.9 Å². The number of ketones is 1. The number of carbonyl (C=O) groups excluding carboxylic acids is 3. The van der Waals surface area contributed by atoms with Crippen LogP contribution in [0.4, 0.5) is 21.0 Å². The Bertz CT molecular complexity index is 865. The second-order valence-electron chi connectivity index (χ2n) is 5.10. The van der Waals surface area contributed by atoms with Crippen molar-refractivity contribution in [2.75, 3.05) is 4.90 Å². The van der Waals surface area contributed by atoms with Crippen LogP contribution in [0.3, 0.4) is 0 Å². The Morgan fingerprint density at radius 2 is 1.67 bits per heavy atom. The molecule has 0 saturated carbocycles. The number of fused-ring (bicyclic) bond motifs is 2. The summed E-state index contributed by atoms with van der Waals surface area (Å²) in [5.74, 6) is -0.182. The highest BCUT2D eigenvalue weighted by molar-refractivity contribution is 6.14. The number of para-hydroxylation sites is 2. The predicted molar refractivity (Wildman–Crippen MR) is 85.7 cm³/mol. The first kappa shape index (κ1) is 15.3. The van der Waals surface area contributed by atoms with Gasteiger partial charge in [-0.05, 0) is 23.8 Å². The number of urea groups is 2. The molecule has 0 atom stereocenters. The maximum atomic E-state index is 12.7. The van der Waals surface area contributed by atoms with E-state index >= 15 is 0 Å². The molecule has 0 fully saturated rings. The molecule has 24 heavy (non-hydrogen) atoms. The lowest BCUT2D eigenvalue weighted by Gasteiger charge is -2.25. The van der Waals surface area contributed by atoms with Crippen molar-refractivity contribution in [3.63, 3.8) is 0 Å². The van der Waals surface area contributed by atoms with Gasteiger partial charge in [-0.25, -0.2) is 9.59 Å². The van der Waals surface area contributed by atoms with Gasteiger partial charge in [0.05, 0.1) is 16.7 Å². The number of nitroso groups, excluding NO2 is 1. The maximum absolute atomic E-state index is 12.7. The van der Waals surface area contributed by atoms with E-state index in [1.54, 1.807) is 48.5 Å². The number of hydrogen-bond acceptors (Lipinski definition) is 5. The highest BCUT2D eigenvalue weighted by Crippen LogP contribution is 2.36. The van der Waals surface area contributed by atoms with Crippen LogP contribution in [0.1, 0.15) is 15.9 Å². The number of benzene rings is 2. The van der Waals surface area contributed by atoms with E-state index in [2.05, 4.69) is 5.29 Å². The van der Waals surface area contributed by atoms with Gasteiger partial charge in [0.2, 0.25) is 0 Å². The van der Waals surface area contributed by atoms with E-state index in [-0.39, 0.29) is 22.9 Å². The largest absolute Gasteiger partial charge is 0.361 e. The van der Waals surface area contributed by atoms with E-state index in [1.165, 1.54) is 0 Å². The van der Waals surface area contributed by atoms with E-state index in [0.29, 0.717) is 16.8 Å². The number of primary amides is 1. The summed E-state index contributed by atoms with van der Waals surface area (Å²) >= 11 is 0. The number of rotatable bonds is 1. The number of nitrogens with zero attached hydrogens (tertiary/aromatic N) is 3. The quantitative estimate of drug-likeness (QED) is 0.641. The number of Topliss-reactive ketones (excluding diaryl/α,β-unsaturated/α-hetero) is 1. The van der Waals surface area contributed by atoms with Crippen molar-refractivity contribution in [3.8, 4) is 0 Å². The summed E-state index contributed by atoms with van der Waals surface area (Å²) in [6, 6.07) is 10.8. The topological polar surface area (TPSA) is 113 Å². The Kier molecular flexibility index (Phi) is 3.78. The Balaban J connectivity index is 2.25. The first-order valence-corrected chi connectivity index (χ1v) is 7.01. The van der Waals surface area contributed by atoms with Crippen LogP contribution >= 0.6 is 0 Å². The SMILES string of the molecule is NC(=O)N(N=O)C(=O)N1c2ccccc2CC(=O)c2ccccc21. The van der Waals surface area contributed by atoms with Gasteiger partial charge in [-0.15, -0.1) is 4.91 Å². The smallest absolute Gasteiger partial charge is 0.349 e. The molecule has 2 N–H and O–H groups in total. The highest BCUT2D eigenvalue weighted by Gasteiger charge is 2.34. The minimum atomic E-state index is -1.31. The summed E-state index contributed by atoms with van der Waals surface area (Å²) in [7, 11) is 0. The van der Waals surface area contributed by atoms with E-state index in [4.69, 9.17) is 5.73 Å². The third-order valence-corrected chi connectivity index (χ3v) is 3.69. The molecule has 1 aliphatic heterocycles.